The highest BCUT2D eigenvalue weighted by Gasteiger charge is 2.38. The third-order valence-electron chi connectivity index (χ3n) is 5.10. The van der Waals surface area contributed by atoms with Crippen molar-refractivity contribution in [2.75, 3.05) is 0 Å². The van der Waals surface area contributed by atoms with E-state index in [2.05, 4.69) is 124 Å². The van der Waals surface area contributed by atoms with E-state index in [4.69, 9.17) is 0 Å². The van der Waals surface area contributed by atoms with Gasteiger partial charge in [-0.3, -0.25) is 0 Å². The Balaban J connectivity index is 6.47. The largest absolute Gasteiger partial charge is 0.129 e. The van der Waals surface area contributed by atoms with Gasteiger partial charge in [0, 0.05) is 0 Å². The first-order chi connectivity index (χ1) is 11.2. The summed E-state index contributed by atoms with van der Waals surface area (Å²) in [5.74, 6) is 3.61. The minimum Gasteiger partial charge on any atom is -0.127 e. The van der Waals surface area contributed by atoms with Gasteiger partial charge in [-0.1, -0.05) is 101 Å². The molecule has 0 aromatic carbocycles. The van der Waals surface area contributed by atoms with E-state index in [1.165, 1.54) is 10.8 Å². The second-order valence-electron chi connectivity index (χ2n) is 12.1. The van der Waals surface area contributed by atoms with Gasteiger partial charge in [-0.2, -0.15) is 0 Å². The third-order valence-corrected chi connectivity index (χ3v) is 11.4. The van der Waals surface area contributed by atoms with Crippen molar-refractivity contribution < 1.29 is 0 Å². The minimum atomic E-state index is -1.67. The Labute approximate surface area is 167 Å². The first-order valence-electron chi connectivity index (χ1n) is 9.91. The first-order valence-corrected chi connectivity index (χ1v) is 16.4. The van der Waals surface area contributed by atoms with E-state index in [-0.39, 0.29) is 15.9 Å². The van der Waals surface area contributed by atoms with E-state index in [0.717, 1.165) is 0 Å². The molecule has 0 aliphatic rings. The van der Waals surface area contributed by atoms with Crippen LogP contribution >= 0.6 is 0 Å². The van der Waals surface area contributed by atoms with Crippen LogP contribution in [0.2, 0.25) is 37.8 Å². The molecule has 0 unspecified atom stereocenters. The fraction of sp³-hybridized carbons (Fsp3) is 0.708. The normalized spacial score (nSPS) is 14.3. The summed E-state index contributed by atoms with van der Waals surface area (Å²) >= 11 is 0. The fourth-order valence-electron chi connectivity index (χ4n) is 2.83. The van der Waals surface area contributed by atoms with Crippen LogP contribution < -0.4 is 0 Å². The third kappa shape index (κ3) is 7.87. The van der Waals surface area contributed by atoms with Crippen LogP contribution in [0.3, 0.4) is 0 Å². The highest BCUT2D eigenvalue weighted by molar-refractivity contribution is 6.88. The summed E-state index contributed by atoms with van der Waals surface area (Å²) in [5.41, 5.74) is 8.82. The first kappa shape index (κ1) is 25.3. The molecule has 0 radical (unpaired) electrons. The van der Waals surface area contributed by atoms with E-state index >= 15 is 0 Å². The smallest absolute Gasteiger partial charge is 0.127 e. The summed E-state index contributed by atoms with van der Waals surface area (Å²) in [6, 6.07) is 0. The minimum absolute atomic E-state index is 0.115. The fourth-order valence-corrected chi connectivity index (χ4v) is 5.15. The maximum Gasteiger partial charge on any atom is 0.129 e. The van der Waals surface area contributed by atoms with E-state index < -0.39 is 16.1 Å². The summed E-state index contributed by atoms with van der Waals surface area (Å²) in [6.45, 7) is 32.6. The molecule has 0 aliphatic heterocycles. The molecule has 148 valence electrons. The topological polar surface area (TPSA) is 0 Å². The Kier molecular flexibility index (Phi) is 7.86. The predicted molar refractivity (Wildman–Crippen MR) is 127 cm³/mol. The molecule has 0 fully saturated rings. The van der Waals surface area contributed by atoms with Crippen LogP contribution in [0, 0.1) is 22.3 Å². The van der Waals surface area contributed by atoms with E-state index in [1.807, 2.05) is 0 Å². The molecule has 0 spiro atoms. The van der Waals surface area contributed by atoms with Gasteiger partial charge in [0.2, 0.25) is 0 Å². The van der Waals surface area contributed by atoms with Crippen molar-refractivity contribution in [1.82, 2.24) is 0 Å². The Bertz CT molecular complexity index is 627. The van der Waals surface area contributed by atoms with Gasteiger partial charge >= 0.3 is 0 Å². The molecule has 0 atom stereocenters. The van der Waals surface area contributed by atoms with Crippen LogP contribution in [0.1, 0.15) is 62.3 Å². The number of rotatable bonds is 2. The molecule has 0 bridgehead atoms. The Hall–Kier alpha value is -0.746. The van der Waals surface area contributed by atoms with Crippen LogP contribution in [-0.4, -0.2) is 16.1 Å². The molecule has 0 saturated heterocycles. The molecule has 0 heterocycles. The van der Waals surface area contributed by atoms with Crippen molar-refractivity contribution in [2.45, 2.75) is 100 Å². The van der Waals surface area contributed by atoms with E-state index in [0.29, 0.717) is 0 Å². The monoisotopic (exact) mass is 388 g/mol. The lowest BCUT2D eigenvalue weighted by Crippen LogP contribution is -2.39. The molecule has 0 amide bonds. The van der Waals surface area contributed by atoms with Gasteiger partial charge in [0.05, 0.1) is 8.07 Å². The molecule has 0 rings (SSSR count). The zero-order valence-corrected chi connectivity index (χ0v) is 22.2. The molecule has 26 heavy (non-hydrogen) atoms. The SMILES string of the molecule is CC(C)(C)C(=C=C/C=C(\C#C[Si](C)(C)C)[Si](C)(C)C(C)(C)C)C(C)(C)C. The lowest BCUT2D eigenvalue weighted by molar-refractivity contribution is 0.363. The quantitative estimate of drug-likeness (QED) is 0.194. The summed E-state index contributed by atoms with van der Waals surface area (Å²) in [4.78, 5) is 0. The summed E-state index contributed by atoms with van der Waals surface area (Å²) in [7, 11) is -3.07. The van der Waals surface area contributed by atoms with E-state index in [9.17, 15) is 0 Å². The Morgan fingerprint density at radius 1 is 0.731 bits per heavy atom. The lowest BCUT2D eigenvalue weighted by Gasteiger charge is -2.37. The molecule has 0 aromatic rings. The summed E-state index contributed by atoms with van der Waals surface area (Å²) < 4.78 is 0. The second-order valence-corrected chi connectivity index (χ2v) is 22.2. The van der Waals surface area contributed by atoms with Crippen molar-refractivity contribution in [1.29, 1.82) is 0 Å². The van der Waals surface area contributed by atoms with Gasteiger partial charge < -0.3 is 0 Å². The maximum atomic E-state index is 3.63. The van der Waals surface area contributed by atoms with Gasteiger partial charge in [0.15, 0.2) is 0 Å². The Morgan fingerprint density at radius 2 is 1.15 bits per heavy atom. The molecule has 0 aliphatic carbocycles. The second kappa shape index (κ2) is 8.09. The van der Waals surface area contributed by atoms with Crippen LogP contribution in [0.4, 0.5) is 0 Å². The van der Waals surface area contributed by atoms with Crippen LogP contribution in [0.15, 0.2) is 28.7 Å². The van der Waals surface area contributed by atoms with Crippen LogP contribution in [-0.2, 0) is 0 Å². The van der Waals surface area contributed by atoms with Crippen molar-refractivity contribution >= 4 is 16.1 Å². The number of allylic oxidation sites excluding steroid dienone is 3. The van der Waals surface area contributed by atoms with Crippen molar-refractivity contribution in [3.05, 3.63) is 28.7 Å². The van der Waals surface area contributed by atoms with E-state index in [1.54, 1.807) is 0 Å². The highest BCUT2D eigenvalue weighted by atomic mass is 28.3. The van der Waals surface area contributed by atoms with Crippen LogP contribution in [0.5, 0.6) is 0 Å². The molecule has 0 aromatic heterocycles. The van der Waals surface area contributed by atoms with Gasteiger partial charge in [-0.25, -0.2) is 0 Å². The number of hydrogen-bond acceptors (Lipinski definition) is 0. The number of hydrogen-bond donors (Lipinski definition) is 0. The zero-order chi connectivity index (χ0) is 21.2. The standard InChI is InChI=1S/C24H44Si2/c1-22(2,3)21(23(4,5)6)17-15-16-20(18-19-25(10,11)12)26(13,14)24(7,8)9/h15-16H,1-14H3/b20-16+. The molecule has 2 heteroatoms. The van der Waals surface area contributed by atoms with Crippen molar-refractivity contribution in [2.24, 2.45) is 10.8 Å². The van der Waals surface area contributed by atoms with Crippen LogP contribution in [0.25, 0.3) is 0 Å². The molecule has 0 nitrogen and oxygen atoms in total. The molecule has 0 saturated carbocycles. The molecule has 0 N–H and O–H groups in total. The molecular formula is C24H44Si2. The summed E-state index contributed by atoms with van der Waals surface area (Å²) in [6.07, 6.45) is 4.41. The highest BCUT2D eigenvalue weighted by Crippen LogP contribution is 2.41. The van der Waals surface area contributed by atoms with Crippen molar-refractivity contribution in [3.8, 4) is 11.5 Å². The van der Waals surface area contributed by atoms with Gasteiger partial charge in [0.1, 0.15) is 8.07 Å². The average Bonchev–Trinajstić information content (AvgIpc) is 2.31. The Morgan fingerprint density at radius 3 is 1.46 bits per heavy atom. The average molecular weight is 389 g/mol. The lowest BCUT2D eigenvalue weighted by atomic mass is 9.72. The predicted octanol–water partition coefficient (Wildman–Crippen LogP) is 8.02. The zero-order valence-electron chi connectivity index (χ0n) is 20.2. The molecular weight excluding hydrogens is 344 g/mol. The van der Waals surface area contributed by atoms with Crippen molar-refractivity contribution in [3.63, 3.8) is 0 Å². The maximum absolute atomic E-state index is 3.63. The van der Waals surface area contributed by atoms with Gasteiger partial charge in [0.25, 0.3) is 0 Å². The van der Waals surface area contributed by atoms with Gasteiger partial charge in [-0.05, 0) is 38.8 Å². The van der Waals surface area contributed by atoms with Gasteiger partial charge in [-0.15, -0.1) is 11.3 Å². The summed E-state index contributed by atoms with van der Waals surface area (Å²) in [5, 5.41) is 1.63.